The molecule has 0 saturated heterocycles. The molecule has 0 aliphatic heterocycles. The average Bonchev–Trinajstić information content (AvgIpc) is 2.88. The zero-order chi connectivity index (χ0) is 12.8. The Balaban J connectivity index is 1.73. The zero-order valence-corrected chi connectivity index (χ0v) is 9.71. The van der Waals surface area contributed by atoms with Crippen LogP contribution < -0.4 is 5.32 Å². The number of carbonyl (C=O) groups is 1. The Bertz CT molecular complexity index is 495. The van der Waals surface area contributed by atoms with Crippen molar-refractivity contribution in [2.75, 3.05) is 6.54 Å². The predicted octanol–water partition coefficient (Wildman–Crippen LogP) is 1.24. The van der Waals surface area contributed by atoms with Gasteiger partial charge in [-0.15, -0.1) is 0 Å². The zero-order valence-electron chi connectivity index (χ0n) is 9.71. The van der Waals surface area contributed by atoms with Crippen molar-refractivity contribution in [3.05, 3.63) is 48.6 Å². The van der Waals surface area contributed by atoms with Gasteiger partial charge in [-0.25, -0.2) is 9.97 Å². The van der Waals surface area contributed by atoms with Crippen LogP contribution in [0.15, 0.2) is 37.1 Å². The van der Waals surface area contributed by atoms with E-state index < -0.39 is 5.95 Å². The van der Waals surface area contributed by atoms with Gasteiger partial charge in [-0.2, -0.15) is 4.39 Å². The van der Waals surface area contributed by atoms with Gasteiger partial charge in [-0.3, -0.25) is 4.79 Å². The van der Waals surface area contributed by atoms with Crippen LogP contribution in [0.4, 0.5) is 4.39 Å². The second-order valence-corrected chi connectivity index (χ2v) is 3.78. The van der Waals surface area contributed by atoms with Crippen molar-refractivity contribution >= 4 is 5.91 Å². The van der Waals surface area contributed by atoms with Gasteiger partial charge in [0, 0.05) is 31.7 Å². The Labute approximate surface area is 104 Å². The third-order valence-electron chi connectivity index (χ3n) is 2.43. The quantitative estimate of drug-likeness (QED) is 0.639. The minimum absolute atomic E-state index is 0.242. The van der Waals surface area contributed by atoms with E-state index in [0.717, 1.165) is 13.0 Å². The summed E-state index contributed by atoms with van der Waals surface area (Å²) in [5.41, 5.74) is 0.360. The standard InChI is InChI=1S/C12H13FN4O/c13-11-3-2-10(8-16-11)12(18)15-4-1-6-17-7-5-14-9-17/h2-3,5,7-9H,1,4,6H2,(H,15,18). The summed E-state index contributed by atoms with van der Waals surface area (Å²) in [5, 5.41) is 2.75. The Morgan fingerprint density at radius 1 is 1.44 bits per heavy atom. The van der Waals surface area contributed by atoms with Crippen molar-refractivity contribution in [2.24, 2.45) is 0 Å². The summed E-state index contributed by atoms with van der Waals surface area (Å²) in [5.74, 6) is -0.834. The van der Waals surface area contributed by atoms with Crippen LogP contribution in [-0.2, 0) is 6.54 Å². The molecule has 0 aromatic carbocycles. The Hall–Kier alpha value is -2.24. The van der Waals surface area contributed by atoms with Crippen LogP contribution in [-0.4, -0.2) is 27.0 Å². The highest BCUT2D eigenvalue weighted by Gasteiger charge is 2.04. The summed E-state index contributed by atoms with van der Waals surface area (Å²) in [6.07, 6.45) is 7.33. The first kappa shape index (κ1) is 12.2. The van der Waals surface area contributed by atoms with Gasteiger partial charge in [0.15, 0.2) is 0 Å². The number of carbonyl (C=O) groups excluding carboxylic acids is 1. The van der Waals surface area contributed by atoms with Crippen molar-refractivity contribution in [2.45, 2.75) is 13.0 Å². The van der Waals surface area contributed by atoms with Gasteiger partial charge in [-0.05, 0) is 18.6 Å². The summed E-state index contributed by atoms with van der Waals surface area (Å²) in [6, 6.07) is 2.58. The van der Waals surface area contributed by atoms with Crippen LogP contribution >= 0.6 is 0 Å². The number of rotatable bonds is 5. The van der Waals surface area contributed by atoms with E-state index in [9.17, 15) is 9.18 Å². The highest BCUT2D eigenvalue weighted by Crippen LogP contribution is 1.98. The monoisotopic (exact) mass is 248 g/mol. The number of imidazole rings is 1. The number of nitrogens with one attached hydrogen (secondary N) is 1. The van der Waals surface area contributed by atoms with E-state index in [-0.39, 0.29) is 5.91 Å². The molecular formula is C12H13FN4O. The van der Waals surface area contributed by atoms with Gasteiger partial charge < -0.3 is 9.88 Å². The number of aromatic nitrogens is 3. The highest BCUT2D eigenvalue weighted by molar-refractivity contribution is 5.93. The lowest BCUT2D eigenvalue weighted by Gasteiger charge is -2.05. The summed E-state index contributed by atoms with van der Waals surface area (Å²) in [6.45, 7) is 1.34. The number of hydrogen-bond acceptors (Lipinski definition) is 3. The summed E-state index contributed by atoms with van der Waals surface area (Å²) in [7, 11) is 0. The van der Waals surface area contributed by atoms with Gasteiger partial charge in [-0.1, -0.05) is 0 Å². The summed E-state index contributed by atoms with van der Waals surface area (Å²) < 4.78 is 14.5. The number of amides is 1. The topological polar surface area (TPSA) is 59.8 Å². The predicted molar refractivity (Wildman–Crippen MR) is 63.4 cm³/mol. The maximum atomic E-state index is 12.6. The Kier molecular flexibility index (Phi) is 4.01. The van der Waals surface area contributed by atoms with E-state index in [1.807, 2.05) is 10.8 Å². The van der Waals surface area contributed by atoms with Gasteiger partial charge in [0.2, 0.25) is 5.95 Å². The molecule has 6 heteroatoms. The van der Waals surface area contributed by atoms with E-state index in [0.29, 0.717) is 12.1 Å². The van der Waals surface area contributed by atoms with Crippen molar-refractivity contribution in [3.8, 4) is 0 Å². The molecule has 0 aliphatic carbocycles. The normalized spacial score (nSPS) is 10.3. The molecule has 0 unspecified atom stereocenters. The molecule has 2 rings (SSSR count). The third kappa shape index (κ3) is 3.38. The lowest BCUT2D eigenvalue weighted by molar-refractivity contribution is 0.0952. The first-order valence-corrected chi connectivity index (χ1v) is 5.61. The van der Waals surface area contributed by atoms with Gasteiger partial charge in [0.1, 0.15) is 0 Å². The van der Waals surface area contributed by atoms with Crippen LogP contribution in [0.2, 0.25) is 0 Å². The lowest BCUT2D eigenvalue weighted by atomic mass is 10.2. The van der Waals surface area contributed by atoms with Gasteiger partial charge >= 0.3 is 0 Å². The second-order valence-electron chi connectivity index (χ2n) is 3.78. The minimum Gasteiger partial charge on any atom is -0.352 e. The SMILES string of the molecule is O=C(NCCCn1ccnc1)c1ccc(F)nc1. The number of aryl methyl sites for hydroxylation is 1. The average molecular weight is 248 g/mol. The van der Waals surface area contributed by atoms with E-state index in [2.05, 4.69) is 15.3 Å². The molecule has 0 spiro atoms. The van der Waals surface area contributed by atoms with Crippen LogP contribution in [0.25, 0.3) is 0 Å². The van der Waals surface area contributed by atoms with Crippen LogP contribution in [0.5, 0.6) is 0 Å². The van der Waals surface area contributed by atoms with Crippen molar-refractivity contribution in [3.63, 3.8) is 0 Å². The van der Waals surface area contributed by atoms with Crippen molar-refractivity contribution < 1.29 is 9.18 Å². The molecule has 2 aromatic rings. The fourth-order valence-electron chi connectivity index (χ4n) is 1.49. The molecule has 0 radical (unpaired) electrons. The molecule has 0 atom stereocenters. The molecule has 94 valence electrons. The molecule has 2 heterocycles. The number of pyridine rings is 1. The molecular weight excluding hydrogens is 235 g/mol. The first-order chi connectivity index (χ1) is 8.75. The molecule has 0 aliphatic rings. The number of nitrogens with zero attached hydrogens (tertiary/aromatic N) is 3. The minimum atomic E-state index is -0.591. The fraction of sp³-hybridized carbons (Fsp3) is 0.250. The molecule has 1 amide bonds. The number of halogens is 1. The molecule has 2 aromatic heterocycles. The van der Waals surface area contributed by atoms with Gasteiger partial charge in [0.25, 0.3) is 5.91 Å². The van der Waals surface area contributed by atoms with E-state index >= 15 is 0 Å². The first-order valence-electron chi connectivity index (χ1n) is 5.61. The highest BCUT2D eigenvalue weighted by atomic mass is 19.1. The number of hydrogen-bond donors (Lipinski definition) is 1. The van der Waals surface area contributed by atoms with Crippen LogP contribution in [0.1, 0.15) is 16.8 Å². The van der Waals surface area contributed by atoms with Crippen LogP contribution in [0.3, 0.4) is 0 Å². The Morgan fingerprint density at radius 3 is 3.00 bits per heavy atom. The maximum Gasteiger partial charge on any atom is 0.252 e. The molecule has 5 nitrogen and oxygen atoms in total. The Morgan fingerprint density at radius 2 is 2.33 bits per heavy atom. The largest absolute Gasteiger partial charge is 0.352 e. The molecule has 0 bridgehead atoms. The summed E-state index contributed by atoms with van der Waals surface area (Å²) >= 11 is 0. The second kappa shape index (κ2) is 5.90. The van der Waals surface area contributed by atoms with Crippen molar-refractivity contribution in [1.29, 1.82) is 0 Å². The molecule has 0 fully saturated rings. The fourth-order valence-corrected chi connectivity index (χ4v) is 1.49. The third-order valence-corrected chi connectivity index (χ3v) is 2.43. The van der Waals surface area contributed by atoms with E-state index in [1.54, 1.807) is 12.5 Å². The molecule has 0 saturated carbocycles. The van der Waals surface area contributed by atoms with Gasteiger partial charge in [0.05, 0.1) is 11.9 Å². The molecule has 18 heavy (non-hydrogen) atoms. The van der Waals surface area contributed by atoms with E-state index in [1.165, 1.54) is 18.3 Å². The van der Waals surface area contributed by atoms with Crippen LogP contribution in [0, 0.1) is 5.95 Å². The smallest absolute Gasteiger partial charge is 0.252 e. The maximum absolute atomic E-state index is 12.6. The van der Waals surface area contributed by atoms with E-state index in [4.69, 9.17) is 0 Å². The van der Waals surface area contributed by atoms with Crippen molar-refractivity contribution in [1.82, 2.24) is 19.9 Å². The summed E-state index contributed by atoms with van der Waals surface area (Å²) in [4.78, 5) is 19.0. The lowest BCUT2D eigenvalue weighted by Crippen LogP contribution is -2.25. The molecule has 1 N–H and O–H groups in total.